The van der Waals surface area contributed by atoms with Crippen molar-refractivity contribution in [1.82, 2.24) is 10.2 Å². The minimum Gasteiger partial charge on any atom is -0.379 e. The van der Waals surface area contributed by atoms with E-state index in [4.69, 9.17) is 27.9 Å². The van der Waals surface area contributed by atoms with Crippen molar-refractivity contribution in [3.8, 4) is 0 Å². The average molecular weight is 411 g/mol. The lowest BCUT2D eigenvalue weighted by Crippen LogP contribution is -2.43. The second-order valence-corrected chi connectivity index (χ2v) is 7.67. The van der Waals surface area contributed by atoms with Crippen LogP contribution in [0.2, 0.25) is 10.0 Å². The van der Waals surface area contributed by atoms with Crippen LogP contribution in [0.3, 0.4) is 0 Å². The average Bonchev–Trinajstić information content (AvgIpc) is 3.18. The Kier molecular flexibility index (Phi) is 7.11. The molecule has 7 heteroatoms. The van der Waals surface area contributed by atoms with Gasteiger partial charge in [-0.25, -0.2) is 0 Å². The molecule has 1 amide bonds. The summed E-state index contributed by atoms with van der Waals surface area (Å²) in [5, 5.41) is 5.97. The number of rotatable bonds is 6. The number of nitrogens with zero attached hydrogens (tertiary/aromatic N) is 1. The van der Waals surface area contributed by atoms with Crippen molar-refractivity contribution in [2.45, 2.75) is 6.04 Å². The van der Waals surface area contributed by atoms with Crippen LogP contribution in [0.4, 0.5) is 0 Å². The normalized spacial score (nSPS) is 16.7. The number of amides is 1. The molecule has 0 spiro atoms. The van der Waals surface area contributed by atoms with E-state index >= 15 is 0 Å². The molecule has 4 nitrogen and oxygen atoms in total. The van der Waals surface area contributed by atoms with E-state index in [0.717, 1.165) is 31.9 Å². The lowest BCUT2D eigenvalue weighted by Gasteiger charge is -2.34. The molecule has 1 aliphatic heterocycles. The van der Waals surface area contributed by atoms with Crippen molar-refractivity contribution in [1.29, 1.82) is 0 Å². The summed E-state index contributed by atoms with van der Waals surface area (Å²) in [6.45, 7) is 3.73. The molecule has 0 saturated carbocycles. The fraction of sp³-hybridized carbons (Fsp3) is 0.316. The first-order valence-corrected chi connectivity index (χ1v) is 10.0. The molecule has 1 aliphatic rings. The maximum absolute atomic E-state index is 12.3. The topological polar surface area (TPSA) is 41.6 Å². The van der Waals surface area contributed by atoms with Gasteiger partial charge in [0.05, 0.1) is 29.3 Å². The lowest BCUT2D eigenvalue weighted by molar-refractivity contribution is -0.116. The maximum atomic E-state index is 12.3. The molecule has 1 aromatic carbocycles. The Morgan fingerprint density at radius 2 is 2.08 bits per heavy atom. The number of benzene rings is 1. The summed E-state index contributed by atoms with van der Waals surface area (Å²) in [4.78, 5) is 15.9. The highest BCUT2D eigenvalue weighted by molar-refractivity contribution is 7.10. The monoisotopic (exact) mass is 410 g/mol. The molecule has 2 aromatic rings. The largest absolute Gasteiger partial charge is 0.379 e. The van der Waals surface area contributed by atoms with Gasteiger partial charge in [0, 0.05) is 30.6 Å². The first-order valence-electron chi connectivity index (χ1n) is 8.40. The second kappa shape index (κ2) is 9.53. The van der Waals surface area contributed by atoms with Crippen LogP contribution in [-0.4, -0.2) is 43.7 Å². The van der Waals surface area contributed by atoms with Crippen molar-refractivity contribution in [2.24, 2.45) is 0 Å². The smallest absolute Gasteiger partial charge is 0.244 e. The van der Waals surface area contributed by atoms with Crippen molar-refractivity contribution in [3.63, 3.8) is 0 Å². The zero-order valence-corrected chi connectivity index (χ0v) is 16.5. The third-order valence-electron chi connectivity index (χ3n) is 4.22. The fourth-order valence-electron chi connectivity index (χ4n) is 2.85. The van der Waals surface area contributed by atoms with Gasteiger partial charge in [0.1, 0.15) is 0 Å². The van der Waals surface area contributed by atoms with Gasteiger partial charge in [0.15, 0.2) is 0 Å². The highest BCUT2D eigenvalue weighted by atomic mass is 35.5. The van der Waals surface area contributed by atoms with Crippen LogP contribution in [-0.2, 0) is 9.53 Å². The first-order chi connectivity index (χ1) is 12.6. The molecular formula is C19H20Cl2N2O2S. The SMILES string of the molecule is O=C(C=Cc1cccc(Cl)c1Cl)NCC(c1cccs1)N1CCOCC1. The summed E-state index contributed by atoms with van der Waals surface area (Å²) < 4.78 is 5.44. The molecule has 1 saturated heterocycles. The van der Waals surface area contributed by atoms with Crippen LogP contribution in [0.5, 0.6) is 0 Å². The van der Waals surface area contributed by atoms with E-state index in [1.54, 1.807) is 29.5 Å². The van der Waals surface area contributed by atoms with Crippen LogP contribution < -0.4 is 5.32 Å². The van der Waals surface area contributed by atoms with E-state index in [1.807, 2.05) is 12.1 Å². The quantitative estimate of drug-likeness (QED) is 0.723. The fourth-order valence-corrected chi connectivity index (χ4v) is 4.08. The number of thiophene rings is 1. The molecule has 1 unspecified atom stereocenters. The molecule has 2 heterocycles. The molecular weight excluding hydrogens is 391 g/mol. The standard InChI is InChI=1S/C19H20Cl2N2O2S/c20-15-4-1-3-14(19(15)21)6-7-18(24)22-13-16(17-5-2-12-26-17)23-8-10-25-11-9-23/h1-7,12,16H,8-11,13H2,(H,22,24). The van der Waals surface area contributed by atoms with Crippen molar-refractivity contribution in [3.05, 3.63) is 62.3 Å². The number of hydrogen-bond donors (Lipinski definition) is 1. The highest BCUT2D eigenvalue weighted by Crippen LogP contribution is 2.27. The van der Waals surface area contributed by atoms with Gasteiger partial charge in [-0.2, -0.15) is 0 Å². The van der Waals surface area contributed by atoms with Gasteiger partial charge in [-0.3, -0.25) is 9.69 Å². The van der Waals surface area contributed by atoms with E-state index < -0.39 is 0 Å². The minimum absolute atomic E-state index is 0.157. The summed E-state index contributed by atoms with van der Waals surface area (Å²) in [6, 6.07) is 9.65. The number of carbonyl (C=O) groups excluding carboxylic acids is 1. The third-order valence-corrected chi connectivity index (χ3v) is 6.03. The Morgan fingerprint density at radius 3 is 2.81 bits per heavy atom. The second-order valence-electron chi connectivity index (χ2n) is 5.90. The number of morpholine rings is 1. The summed E-state index contributed by atoms with van der Waals surface area (Å²) >= 11 is 13.8. The van der Waals surface area contributed by atoms with Crippen molar-refractivity contribution in [2.75, 3.05) is 32.8 Å². The van der Waals surface area contributed by atoms with Crippen LogP contribution in [0.1, 0.15) is 16.5 Å². The molecule has 0 aliphatic carbocycles. The van der Waals surface area contributed by atoms with E-state index in [2.05, 4.69) is 21.7 Å². The Labute approximate surface area is 167 Å². The number of nitrogens with one attached hydrogen (secondary N) is 1. The molecule has 3 rings (SSSR count). The molecule has 1 fully saturated rings. The number of hydrogen-bond acceptors (Lipinski definition) is 4. The molecule has 0 bridgehead atoms. The van der Waals surface area contributed by atoms with Crippen LogP contribution in [0, 0.1) is 0 Å². The Hall–Kier alpha value is -1.37. The third kappa shape index (κ3) is 5.09. The van der Waals surface area contributed by atoms with Crippen LogP contribution in [0.15, 0.2) is 41.8 Å². The van der Waals surface area contributed by atoms with Gasteiger partial charge in [-0.1, -0.05) is 41.4 Å². The lowest BCUT2D eigenvalue weighted by atomic mass is 10.2. The predicted molar refractivity (Wildman–Crippen MR) is 108 cm³/mol. The maximum Gasteiger partial charge on any atom is 0.244 e. The van der Waals surface area contributed by atoms with Crippen LogP contribution in [0.25, 0.3) is 6.08 Å². The van der Waals surface area contributed by atoms with Gasteiger partial charge >= 0.3 is 0 Å². The minimum atomic E-state index is -0.157. The Morgan fingerprint density at radius 1 is 1.27 bits per heavy atom. The van der Waals surface area contributed by atoms with Crippen molar-refractivity contribution >= 4 is 46.5 Å². The molecule has 1 N–H and O–H groups in total. The van der Waals surface area contributed by atoms with Gasteiger partial charge in [-0.05, 0) is 29.2 Å². The van der Waals surface area contributed by atoms with E-state index in [-0.39, 0.29) is 11.9 Å². The summed E-state index contributed by atoms with van der Waals surface area (Å²) in [6.07, 6.45) is 3.17. The molecule has 1 atom stereocenters. The van der Waals surface area contributed by atoms with E-state index in [0.29, 0.717) is 16.6 Å². The number of ether oxygens (including phenoxy) is 1. The van der Waals surface area contributed by atoms with E-state index in [1.165, 1.54) is 11.0 Å². The summed E-state index contributed by atoms with van der Waals surface area (Å²) in [7, 11) is 0. The van der Waals surface area contributed by atoms with Gasteiger partial charge in [0.25, 0.3) is 0 Å². The molecule has 26 heavy (non-hydrogen) atoms. The summed E-state index contributed by atoms with van der Waals surface area (Å²) in [5.41, 5.74) is 0.720. The summed E-state index contributed by atoms with van der Waals surface area (Å²) in [5.74, 6) is -0.157. The van der Waals surface area contributed by atoms with Crippen molar-refractivity contribution < 1.29 is 9.53 Å². The Bertz CT molecular complexity index is 759. The number of carbonyl (C=O) groups is 1. The molecule has 0 radical (unpaired) electrons. The zero-order chi connectivity index (χ0) is 18.4. The highest BCUT2D eigenvalue weighted by Gasteiger charge is 2.23. The Balaban J connectivity index is 1.62. The zero-order valence-electron chi connectivity index (χ0n) is 14.2. The number of halogens is 2. The predicted octanol–water partition coefficient (Wildman–Crippen LogP) is 4.26. The first kappa shape index (κ1) is 19.4. The van der Waals surface area contributed by atoms with Gasteiger partial charge in [-0.15, -0.1) is 11.3 Å². The molecule has 138 valence electrons. The molecule has 1 aromatic heterocycles. The van der Waals surface area contributed by atoms with E-state index in [9.17, 15) is 4.79 Å². The van der Waals surface area contributed by atoms with Crippen LogP contribution >= 0.6 is 34.5 Å². The van der Waals surface area contributed by atoms with Gasteiger partial charge < -0.3 is 10.1 Å². The van der Waals surface area contributed by atoms with Gasteiger partial charge in [0.2, 0.25) is 5.91 Å².